The van der Waals surface area contributed by atoms with Gasteiger partial charge in [0.15, 0.2) is 0 Å². The van der Waals surface area contributed by atoms with E-state index in [9.17, 15) is 10.1 Å². The van der Waals surface area contributed by atoms with Crippen LogP contribution in [0.3, 0.4) is 0 Å². The topological polar surface area (TPSA) is 69.2 Å². The van der Waals surface area contributed by atoms with E-state index in [0.717, 1.165) is 0 Å². The van der Waals surface area contributed by atoms with Gasteiger partial charge in [0.2, 0.25) is 0 Å². The van der Waals surface area contributed by atoms with Gasteiger partial charge in [-0.1, -0.05) is 11.6 Å². The smallest absolute Gasteiger partial charge is 0.293 e. The molecule has 0 spiro atoms. The van der Waals surface area contributed by atoms with E-state index in [0.29, 0.717) is 4.47 Å². The molecule has 0 saturated heterocycles. The fraction of sp³-hybridized carbons (Fsp3) is 0. The fourth-order valence-corrected chi connectivity index (χ4v) is 1.23. The number of nitro groups is 1. The highest BCUT2D eigenvalue weighted by molar-refractivity contribution is 9.10. The van der Waals surface area contributed by atoms with Crippen LogP contribution in [0.4, 0.5) is 11.4 Å². The van der Waals surface area contributed by atoms with Crippen molar-refractivity contribution in [3.8, 4) is 0 Å². The minimum atomic E-state index is -0.576. The first-order valence-corrected chi connectivity index (χ1v) is 4.08. The summed E-state index contributed by atoms with van der Waals surface area (Å²) in [5.41, 5.74) is 5.28. The second kappa shape index (κ2) is 3.28. The van der Waals surface area contributed by atoms with Crippen molar-refractivity contribution in [1.29, 1.82) is 0 Å². The summed E-state index contributed by atoms with van der Waals surface area (Å²) in [4.78, 5) is 9.76. The molecular weight excluding hydrogens is 247 g/mol. The van der Waals surface area contributed by atoms with E-state index < -0.39 is 4.92 Å². The summed E-state index contributed by atoms with van der Waals surface area (Å²) in [5, 5.41) is 10.6. The third kappa shape index (κ3) is 1.67. The zero-order valence-electron chi connectivity index (χ0n) is 5.75. The van der Waals surface area contributed by atoms with Gasteiger partial charge in [0.05, 0.1) is 9.95 Å². The van der Waals surface area contributed by atoms with Crippen molar-refractivity contribution in [1.82, 2.24) is 0 Å². The fourth-order valence-electron chi connectivity index (χ4n) is 0.710. The molecule has 12 heavy (non-hydrogen) atoms. The molecule has 0 aliphatic carbocycles. The van der Waals surface area contributed by atoms with Crippen molar-refractivity contribution in [2.45, 2.75) is 0 Å². The maximum absolute atomic E-state index is 10.3. The Morgan fingerprint density at radius 1 is 1.58 bits per heavy atom. The second-order valence-electron chi connectivity index (χ2n) is 2.08. The normalized spacial score (nSPS) is 9.83. The Morgan fingerprint density at radius 3 is 2.67 bits per heavy atom. The molecule has 0 atom stereocenters. The van der Waals surface area contributed by atoms with Gasteiger partial charge >= 0.3 is 0 Å². The number of nitro benzene ring substituents is 1. The van der Waals surface area contributed by atoms with E-state index in [1.165, 1.54) is 12.1 Å². The highest BCUT2D eigenvalue weighted by Gasteiger charge is 2.13. The predicted octanol–water partition coefficient (Wildman–Crippen LogP) is 2.59. The van der Waals surface area contributed by atoms with Crippen LogP contribution in [-0.2, 0) is 0 Å². The van der Waals surface area contributed by atoms with Gasteiger partial charge in [-0.2, -0.15) is 0 Å². The summed E-state index contributed by atoms with van der Waals surface area (Å²) in [6.45, 7) is 0. The van der Waals surface area contributed by atoms with Crippen LogP contribution in [0, 0.1) is 10.1 Å². The first kappa shape index (κ1) is 9.28. The third-order valence-electron chi connectivity index (χ3n) is 1.27. The molecule has 0 aromatic heterocycles. The van der Waals surface area contributed by atoms with E-state index >= 15 is 0 Å². The van der Waals surface area contributed by atoms with Crippen LogP contribution in [0.1, 0.15) is 0 Å². The molecule has 1 aromatic carbocycles. The highest BCUT2D eigenvalue weighted by atomic mass is 79.9. The number of benzene rings is 1. The molecule has 0 bridgehead atoms. The lowest BCUT2D eigenvalue weighted by Crippen LogP contribution is -1.95. The number of rotatable bonds is 1. The molecule has 1 aromatic rings. The Balaban J connectivity index is 3.33. The molecule has 0 saturated carbocycles. The lowest BCUT2D eigenvalue weighted by molar-refractivity contribution is -0.383. The van der Waals surface area contributed by atoms with Crippen LogP contribution in [0.2, 0.25) is 5.02 Å². The van der Waals surface area contributed by atoms with Crippen molar-refractivity contribution in [3.05, 3.63) is 31.7 Å². The zero-order chi connectivity index (χ0) is 9.30. The van der Waals surface area contributed by atoms with E-state index in [-0.39, 0.29) is 16.4 Å². The number of halogens is 2. The van der Waals surface area contributed by atoms with Crippen LogP contribution in [0.25, 0.3) is 0 Å². The molecule has 6 heteroatoms. The van der Waals surface area contributed by atoms with Crippen molar-refractivity contribution < 1.29 is 4.92 Å². The quantitative estimate of drug-likeness (QED) is 0.474. The largest absolute Gasteiger partial charge is 0.393 e. The first-order valence-electron chi connectivity index (χ1n) is 2.91. The molecule has 64 valence electrons. The molecule has 0 amide bonds. The Hall–Kier alpha value is -0.810. The molecule has 0 unspecified atom stereocenters. The minimum Gasteiger partial charge on any atom is -0.393 e. The molecule has 0 heterocycles. The van der Waals surface area contributed by atoms with Gasteiger partial charge in [-0.05, 0) is 22.0 Å². The van der Waals surface area contributed by atoms with Gasteiger partial charge in [-0.25, -0.2) is 0 Å². The van der Waals surface area contributed by atoms with Gasteiger partial charge in [0, 0.05) is 10.5 Å². The minimum absolute atomic E-state index is 0.0938. The standard InChI is InChI=1S/C6H4BrClN2O2/c7-3-1-5(9)6(10(11)12)2-4(3)8/h1-2H,9H2. The highest BCUT2D eigenvalue weighted by Crippen LogP contribution is 2.31. The second-order valence-corrected chi connectivity index (χ2v) is 3.34. The van der Waals surface area contributed by atoms with Gasteiger partial charge in [-0.15, -0.1) is 0 Å². The molecular formula is C6H4BrClN2O2. The number of hydrogen-bond donors (Lipinski definition) is 1. The average molecular weight is 251 g/mol. The Labute approximate surface area is 81.6 Å². The number of nitrogen functional groups attached to an aromatic ring is 1. The van der Waals surface area contributed by atoms with Gasteiger partial charge in [0.25, 0.3) is 5.69 Å². The summed E-state index contributed by atoms with van der Waals surface area (Å²) >= 11 is 8.72. The number of nitrogens with two attached hydrogens (primary N) is 1. The van der Waals surface area contributed by atoms with E-state index in [1.807, 2.05) is 0 Å². The number of anilines is 1. The average Bonchev–Trinajstić information content (AvgIpc) is 1.96. The van der Waals surface area contributed by atoms with Crippen LogP contribution in [0.15, 0.2) is 16.6 Å². The molecule has 2 N–H and O–H groups in total. The number of nitrogens with zero attached hydrogens (tertiary/aromatic N) is 1. The monoisotopic (exact) mass is 250 g/mol. The summed E-state index contributed by atoms with van der Waals surface area (Å²) in [5.74, 6) is 0. The van der Waals surface area contributed by atoms with Crippen LogP contribution < -0.4 is 5.73 Å². The van der Waals surface area contributed by atoms with Crippen molar-refractivity contribution in [2.75, 3.05) is 5.73 Å². The predicted molar refractivity (Wildman–Crippen MR) is 50.2 cm³/mol. The Bertz CT molecular complexity index is 343. The summed E-state index contributed by atoms with van der Waals surface area (Å²) < 4.78 is 0.548. The van der Waals surface area contributed by atoms with Gasteiger partial charge in [0.1, 0.15) is 5.69 Å². The van der Waals surface area contributed by atoms with Crippen molar-refractivity contribution >= 4 is 38.9 Å². The molecule has 0 aliphatic rings. The lowest BCUT2D eigenvalue weighted by Gasteiger charge is -1.99. The van der Waals surface area contributed by atoms with E-state index in [4.69, 9.17) is 17.3 Å². The molecule has 4 nitrogen and oxygen atoms in total. The molecule has 1 rings (SSSR count). The van der Waals surface area contributed by atoms with Crippen molar-refractivity contribution in [3.63, 3.8) is 0 Å². The Morgan fingerprint density at radius 2 is 2.17 bits per heavy atom. The zero-order valence-corrected chi connectivity index (χ0v) is 8.09. The summed E-state index contributed by atoms with van der Waals surface area (Å²) in [7, 11) is 0. The third-order valence-corrected chi connectivity index (χ3v) is 2.46. The lowest BCUT2D eigenvalue weighted by atomic mass is 10.3. The van der Waals surface area contributed by atoms with Crippen molar-refractivity contribution in [2.24, 2.45) is 0 Å². The summed E-state index contributed by atoms with van der Waals surface area (Å²) in [6.07, 6.45) is 0. The van der Waals surface area contributed by atoms with Gasteiger partial charge in [-0.3, -0.25) is 10.1 Å². The number of hydrogen-bond acceptors (Lipinski definition) is 3. The maximum atomic E-state index is 10.3. The SMILES string of the molecule is Nc1cc(Br)c(Cl)cc1[N+](=O)[O-]. The summed E-state index contributed by atoms with van der Waals surface area (Å²) in [6, 6.07) is 2.61. The maximum Gasteiger partial charge on any atom is 0.293 e. The van der Waals surface area contributed by atoms with Gasteiger partial charge < -0.3 is 5.73 Å². The molecule has 0 fully saturated rings. The van der Waals surface area contributed by atoms with E-state index in [2.05, 4.69) is 15.9 Å². The van der Waals surface area contributed by atoms with Crippen LogP contribution >= 0.6 is 27.5 Å². The van der Waals surface area contributed by atoms with E-state index in [1.54, 1.807) is 0 Å². The van der Waals surface area contributed by atoms with Crippen LogP contribution in [0.5, 0.6) is 0 Å². The Kier molecular flexibility index (Phi) is 2.54. The molecule has 0 aliphatic heterocycles. The molecule has 0 radical (unpaired) electrons. The first-order chi connectivity index (χ1) is 5.52. The van der Waals surface area contributed by atoms with Crippen LogP contribution in [-0.4, -0.2) is 4.92 Å².